The molecular formula is C14H22F3N5O. The van der Waals surface area contributed by atoms with Crippen molar-refractivity contribution in [3.63, 3.8) is 0 Å². The molecule has 1 aromatic heterocycles. The summed E-state index contributed by atoms with van der Waals surface area (Å²) in [5.74, 6) is 0. The Kier molecular flexibility index (Phi) is 5.51. The monoisotopic (exact) mass is 333 g/mol. The highest BCUT2D eigenvalue weighted by Gasteiger charge is 2.38. The lowest BCUT2D eigenvalue weighted by molar-refractivity contribution is -0.143. The van der Waals surface area contributed by atoms with E-state index in [0.717, 1.165) is 43.2 Å². The summed E-state index contributed by atoms with van der Waals surface area (Å²) in [6.07, 6.45) is -0.974. The second-order valence-electron chi connectivity index (χ2n) is 5.60. The lowest BCUT2D eigenvalue weighted by atomic mass is 10.1. The van der Waals surface area contributed by atoms with E-state index >= 15 is 0 Å². The highest BCUT2D eigenvalue weighted by molar-refractivity contribution is 5.90. The maximum atomic E-state index is 13.2. The zero-order valence-electron chi connectivity index (χ0n) is 13.3. The summed E-state index contributed by atoms with van der Waals surface area (Å²) in [7, 11) is 1.61. The number of aromatic nitrogens is 2. The standard InChI is InChI=1S/C14H22F3N5O/c1-3-22-12(14(15,16)17)11(9-19-22)20-13(23)21(2)10-5-4-7-18-8-6-10/h9-10,18H,3-8H2,1-2H3,(H,20,23). The van der Waals surface area contributed by atoms with Crippen LogP contribution >= 0.6 is 0 Å². The predicted molar refractivity (Wildman–Crippen MR) is 80.2 cm³/mol. The summed E-state index contributed by atoms with van der Waals surface area (Å²) in [4.78, 5) is 13.8. The van der Waals surface area contributed by atoms with Gasteiger partial charge >= 0.3 is 12.2 Å². The molecule has 0 saturated carbocycles. The third-order valence-electron chi connectivity index (χ3n) is 4.06. The topological polar surface area (TPSA) is 62.2 Å². The third kappa shape index (κ3) is 4.15. The molecule has 0 radical (unpaired) electrons. The van der Waals surface area contributed by atoms with Crippen molar-refractivity contribution in [2.45, 2.75) is 44.9 Å². The second-order valence-corrected chi connectivity index (χ2v) is 5.60. The van der Waals surface area contributed by atoms with Crippen LogP contribution < -0.4 is 10.6 Å². The van der Waals surface area contributed by atoms with Gasteiger partial charge in [0, 0.05) is 19.6 Å². The van der Waals surface area contributed by atoms with E-state index in [-0.39, 0.29) is 18.3 Å². The second kappa shape index (κ2) is 7.20. The molecule has 1 aromatic rings. The number of nitrogens with one attached hydrogen (secondary N) is 2. The molecule has 23 heavy (non-hydrogen) atoms. The summed E-state index contributed by atoms with van der Waals surface area (Å²) in [5.41, 5.74) is -1.23. The molecule has 9 heteroatoms. The molecule has 2 N–H and O–H groups in total. The average molecular weight is 333 g/mol. The van der Waals surface area contributed by atoms with E-state index in [0.29, 0.717) is 0 Å². The number of hydrogen-bond donors (Lipinski definition) is 2. The summed E-state index contributed by atoms with van der Waals surface area (Å²) in [6, 6.07) is -0.529. The van der Waals surface area contributed by atoms with E-state index in [2.05, 4.69) is 15.7 Å². The van der Waals surface area contributed by atoms with E-state index in [1.165, 1.54) is 4.90 Å². The number of urea groups is 1. The molecule has 2 amide bonds. The molecule has 130 valence electrons. The molecule has 6 nitrogen and oxygen atoms in total. The van der Waals surface area contributed by atoms with Gasteiger partial charge in [-0.2, -0.15) is 18.3 Å². The third-order valence-corrected chi connectivity index (χ3v) is 4.06. The number of aryl methyl sites for hydroxylation is 1. The quantitative estimate of drug-likeness (QED) is 0.893. The van der Waals surface area contributed by atoms with Gasteiger partial charge in [0.2, 0.25) is 0 Å². The van der Waals surface area contributed by atoms with Gasteiger partial charge < -0.3 is 15.5 Å². The highest BCUT2D eigenvalue weighted by Crippen LogP contribution is 2.35. The maximum Gasteiger partial charge on any atom is 0.435 e. The van der Waals surface area contributed by atoms with Gasteiger partial charge in [-0.05, 0) is 39.3 Å². The molecule has 1 atom stereocenters. The number of carbonyl (C=O) groups excluding carboxylic acids is 1. The number of anilines is 1. The highest BCUT2D eigenvalue weighted by atomic mass is 19.4. The molecule has 0 aromatic carbocycles. The molecule has 1 fully saturated rings. The van der Waals surface area contributed by atoms with E-state index in [9.17, 15) is 18.0 Å². The lowest BCUT2D eigenvalue weighted by Crippen LogP contribution is -2.40. The number of rotatable bonds is 3. The van der Waals surface area contributed by atoms with Gasteiger partial charge in [0.05, 0.1) is 11.9 Å². The molecule has 2 rings (SSSR count). The Labute approximate surface area is 133 Å². The number of carbonyl (C=O) groups is 1. The molecule has 1 aliphatic rings. The zero-order chi connectivity index (χ0) is 17.0. The summed E-state index contributed by atoms with van der Waals surface area (Å²) >= 11 is 0. The largest absolute Gasteiger partial charge is 0.435 e. The Hall–Kier alpha value is -1.77. The van der Waals surface area contributed by atoms with Crippen molar-refractivity contribution < 1.29 is 18.0 Å². The predicted octanol–water partition coefficient (Wildman–Crippen LogP) is 2.53. The van der Waals surface area contributed by atoms with E-state index < -0.39 is 17.9 Å². The van der Waals surface area contributed by atoms with E-state index in [4.69, 9.17) is 0 Å². The lowest BCUT2D eigenvalue weighted by Gasteiger charge is -2.27. The molecule has 2 heterocycles. The maximum absolute atomic E-state index is 13.2. The first-order chi connectivity index (χ1) is 10.8. The van der Waals surface area contributed by atoms with Gasteiger partial charge in [-0.3, -0.25) is 4.68 Å². The van der Waals surface area contributed by atoms with E-state index in [1.807, 2.05) is 0 Å². The first kappa shape index (κ1) is 17.6. The Morgan fingerprint density at radius 2 is 2.22 bits per heavy atom. The number of alkyl halides is 3. The number of halogens is 3. The Morgan fingerprint density at radius 1 is 1.48 bits per heavy atom. The van der Waals surface area contributed by atoms with Crippen molar-refractivity contribution in [2.24, 2.45) is 0 Å². The molecular weight excluding hydrogens is 311 g/mol. The minimum absolute atomic E-state index is 0.0144. The van der Waals surface area contributed by atoms with Crippen LogP contribution in [0.4, 0.5) is 23.7 Å². The molecule has 1 saturated heterocycles. The van der Waals surface area contributed by atoms with Gasteiger partial charge in [-0.15, -0.1) is 0 Å². The Balaban J connectivity index is 2.12. The van der Waals surface area contributed by atoms with Gasteiger partial charge in [0.15, 0.2) is 5.69 Å². The smallest absolute Gasteiger partial charge is 0.325 e. The fraction of sp³-hybridized carbons (Fsp3) is 0.714. The Morgan fingerprint density at radius 3 is 2.87 bits per heavy atom. The molecule has 0 bridgehead atoms. The fourth-order valence-electron chi connectivity index (χ4n) is 2.77. The van der Waals surface area contributed by atoms with Gasteiger partial charge in [0.25, 0.3) is 0 Å². The van der Waals surface area contributed by atoms with Crippen LogP contribution in [-0.2, 0) is 12.7 Å². The van der Waals surface area contributed by atoms with Crippen LogP contribution in [0.25, 0.3) is 0 Å². The zero-order valence-corrected chi connectivity index (χ0v) is 13.3. The van der Waals surface area contributed by atoms with Gasteiger partial charge in [-0.25, -0.2) is 4.79 Å². The number of amides is 2. The van der Waals surface area contributed by atoms with Crippen LogP contribution in [0.3, 0.4) is 0 Å². The first-order valence-electron chi connectivity index (χ1n) is 7.72. The summed E-state index contributed by atoms with van der Waals surface area (Å²) in [6.45, 7) is 3.34. The van der Waals surface area contributed by atoms with Crippen molar-refractivity contribution in [1.82, 2.24) is 20.0 Å². The minimum Gasteiger partial charge on any atom is -0.325 e. The van der Waals surface area contributed by atoms with Gasteiger partial charge in [-0.1, -0.05) is 0 Å². The van der Waals surface area contributed by atoms with Crippen LogP contribution in [0.5, 0.6) is 0 Å². The molecule has 1 unspecified atom stereocenters. The molecule has 0 spiro atoms. The normalized spacial score (nSPS) is 19.3. The Bertz CT molecular complexity index is 535. The van der Waals surface area contributed by atoms with Crippen LogP contribution in [-0.4, -0.2) is 46.9 Å². The van der Waals surface area contributed by atoms with Crippen LogP contribution in [0, 0.1) is 0 Å². The van der Waals surface area contributed by atoms with Gasteiger partial charge in [0.1, 0.15) is 0 Å². The van der Waals surface area contributed by atoms with Crippen molar-refractivity contribution in [1.29, 1.82) is 0 Å². The average Bonchev–Trinajstić information content (AvgIpc) is 2.72. The van der Waals surface area contributed by atoms with Crippen LogP contribution in [0.2, 0.25) is 0 Å². The number of hydrogen-bond acceptors (Lipinski definition) is 3. The van der Waals surface area contributed by atoms with E-state index in [1.54, 1.807) is 14.0 Å². The summed E-state index contributed by atoms with van der Waals surface area (Å²) in [5, 5.41) is 9.29. The van der Waals surface area contributed by atoms with Crippen molar-refractivity contribution in [2.75, 3.05) is 25.5 Å². The number of nitrogens with zero attached hydrogens (tertiary/aromatic N) is 3. The SMILES string of the molecule is CCn1ncc(NC(=O)N(C)C2CCCNCC2)c1C(F)(F)F. The van der Waals surface area contributed by atoms with Crippen molar-refractivity contribution >= 4 is 11.7 Å². The molecule has 1 aliphatic heterocycles. The van der Waals surface area contributed by atoms with Crippen LogP contribution in [0.1, 0.15) is 31.9 Å². The molecule has 0 aliphatic carbocycles. The fourth-order valence-corrected chi connectivity index (χ4v) is 2.77. The minimum atomic E-state index is -4.57. The van der Waals surface area contributed by atoms with Crippen molar-refractivity contribution in [3.8, 4) is 0 Å². The summed E-state index contributed by atoms with van der Waals surface area (Å²) < 4.78 is 40.3. The first-order valence-corrected chi connectivity index (χ1v) is 7.72. The van der Waals surface area contributed by atoms with Crippen LogP contribution in [0.15, 0.2) is 6.20 Å². The van der Waals surface area contributed by atoms with Crippen molar-refractivity contribution in [3.05, 3.63) is 11.9 Å².